The van der Waals surface area contributed by atoms with Crippen LogP contribution in [0, 0.1) is 28.8 Å². The molecule has 2 N–H and O–H groups in total. The Morgan fingerprint density at radius 1 is 1.05 bits per heavy atom. The van der Waals surface area contributed by atoms with E-state index in [1.54, 1.807) is 6.07 Å². The number of nitrogens with one attached hydrogen (secondary N) is 1. The van der Waals surface area contributed by atoms with Crippen LogP contribution in [0.15, 0.2) is 30.3 Å². The third kappa shape index (κ3) is 2.83. The Morgan fingerprint density at radius 2 is 1.70 bits per heavy atom. The highest BCUT2D eigenvalue weighted by atomic mass is 19.1. The molecular weight excluding hydrogens is 269 g/mol. The Kier molecular flexibility index (Phi) is 3.80. The summed E-state index contributed by atoms with van der Waals surface area (Å²) in [5.74, 6) is -3.78. The van der Waals surface area contributed by atoms with E-state index in [1.807, 2.05) is 0 Å². The average Bonchev–Trinajstić information content (AvgIpc) is 2.43. The summed E-state index contributed by atoms with van der Waals surface area (Å²) in [6.45, 7) is 0.0601. The molecule has 0 spiro atoms. The summed E-state index contributed by atoms with van der Waals surface area (Å²) in [6.07, 6.45) is 0. The van der Waals surface area contributed by atoms with Crippen molar-refractivity contribution in [2.75, 3.05) is 5.32 Å². The number of halogens is 3. The normalized spacial score (nSPS) is 10.1. The van der Waals surface area contributed by atoms with Crippen molar-refractivity contribution in [3.63, 3.8) is 0 Å². The lowest BCUT2D eigenvalue weighted by Crippen LogP contribution is -2.01. The molecule has 0 radical (unpaired) electrons. The molecule has 0 aliphatic rings. The lowest BCUT2D eigenvalue weighted by atomic mass is 10.1. The Hall–Kier alpha value is -2.68. The van der Waals surface area contributed by atoms with Crippen molar-refractivity contribution in [2.24, 2.45) is 0 Å². The fraction of sp³-hybridized carbons (Fsp3) is 0.0714. The minimum Gasteiger partial charge on any atom is -0.503 e. The fourth-order valence-electron chi connectivity index (χ4n) is 1.65. The lowest BCUT2D eigenvalue weighted by Gasteiger charge is -2.08. The predicted octanol–water partition coefficient (Wildman–Crippen LogP) is 3.29. The first-order chi connectivity index (χ1) is 9.51. The quantitative estimate of drug-likeness (QED) is 0.905. The summed E-state index contributed by atoms with van der Waals surface area (Å²) in [6, 6.07) is 7.49. The molecule has 20 heavy (non-hydrogen) atoms. The van der Waals surface area contributed by atoms with Gasteiger partial charge in [0.15, 0.2) is 17.4 Å². The minimum absolute atomic E-state index is 0.0601. The van der Waals surface area contributed by atoms with Gasteiger partial charge in [-0.05, 0) is 35.9 Å². The second-order valence-corrected chi connectivity index (χ2v) is 4.07. The molecule has 2 aromatic carbocycles. The van der Waals surface area contributed by atoms with E-state index in [4.69, 9.17) is 10.4 Å². The van der Waals surface area contributed by atoms with Crippen molar-refractivity contribution in [3.8, 4) is 11.8 Å². The first-order valence-electron chi connectivity index (χ1n) is 5.61. The first-order valence-corrected chi connectivity index (χ1v) is 5.61. The minimum atomic E-state index is -1.06. The van der Waals surface area contributed by atoms with Gasteiger partial charge in [-0.15, -0.1) is 0 Å². The fourth-order valence-corrected chi connectivity index (χ4v) is 1.65. The van der Waals surface area contributed by atoms with Crippen LogP contribution in [0.1, 0.15) is 11.1 Å². The van der Waals surface area contributed by atoms with Gasteiger partial charge < -0.3 is 10.4 Å². The van der Waals surface area contributed by atoms with E-state index in [-0.39, 0.29) is 17.7 Å². The van der Waals surface area contributed by atoms with Crippen molar-refractivity contribution in [1.82, 2.24) is 0 Å². The second kappa shape index (κ2) is 5.53. The standard InChI is InChI=1S/C14H9F3N2O/c15-11-2-1-10(5-9(11)6-18)19-7-8-3-12(16)14(20)13(17)4-8/h1-5,19-20H,7H2. The van der Waals surface area contributed by atoms with Gasteiger partial charge in [-0.1, -0.05) is 0 Å². The van der Waals surface area contributed by atoms with Crippen molar-refractivity contribution < 1.29 is 18.3 Å². The van der Waals surface area contributed by atoms with Crippen molar-refractivity contribution >= 4 is 5.69 Å². The maximum absolute atomic E-state index is 13.1. The lowest BCUT2D eigenvalue weighted by molar-refractivity contribution is 0.395. The van der Waals surface area contributed by atoms with Crippen LogP contribution in [0.2, 0.25) is 0 Å². The molecule has 102 valence electrons. The van der Waals surface area contributed by atoms with Gasteiger partial charge in [0, 0.05) is 12.2 Å². The number of nitriles is 1. The zero-order chi connectivity index (χ0) is 14.7. The maximum atomic E-state index is 13.1. The van der Waals surface area contributed by atoms with E-state index in [9.17, 15) is 13.2 Å². The van der Waals surface area contributed by atoms with Crippen molar-refractivity contribution in [1.29, 1.82) is 5.26 Å². The molecule has 0 aliphatic heterocycles. The molecule has 0 aliphatic carbocycles. The van der Waals surface area contributed by atoms with E-state index in [2.05, 4.69) is 5.32 Å². The van der Waals surface area contributed by atoms with E-state index in [1.165, 1.54) is 12.1 Å². The summed E-state index contributed by atoms with van der Waals surface area (Å²) in [5.41, 5.74) is 0.579. The summed E-state index contributed by atoms with van der Waals surface area (Å²) in [4.78, 5) is 0. The van der Waals surface area contributed by atoms with Crippen LogP contribution < -0.4 is 5.32 Å². The highest BCUT2D eigenvalue weighted by Crippen LogP contribution is 2.22. The molecule has 3 nitrogen and oxygen atoms in total. The van der Waals surface area contributed by atoms with Crippen LogP contribution in [-0.2, 0) is 6.54 Å². The van der Waals surface area contributed by atoms with E-state index in [0.29, 0.717) is 5.69 Å². The van der Waals surface area contributed by atoms with E-state index < -0.39 is 23.2 Å². The zero-order valence-electron chi connectivity index (χ0n) is 10.1. The van der Waals surface area contributed by atoms with E-state index >= 15 is 0 Å². The number of phenolic OH excluding ortho intramolecular Hbond substituents is 1. The SMILES string of the molecule is N#Cc1cc(NCc2cc(F)c(O)c(F)c2)ccc1F. The van der Waals surface area contributed by atoms with Gasteiger partial charge in [-0.3, -0.25) is 0 Å². The Labute approximate surface area is 112 Å². The number of anilines is 1. The number of phenols is 1. The van der Waals surface area contributed by atoms with E-state index in [0.717, 1.165) is 18.2 Å². The molecule has 0 amide bonds. The average molecular weight is 278 g/mol. The third-order valence-electron chi connectivity index (χ3n) is 2.66. The monoisotopic (exact) mass is 278 g/mol. The highest BCUT2D eigenvalue weighted by molar-refractivity contribution is 5.50. The summed E-state index contributed by atoms with van der Waals surface area (Å²) in [7, 11) is 0. The van der Waals surface area contributed by atoms with Crippen LogP contribution >= 0.6 is 0 Å². The highest BCUT2D eigenvalue weighted by Gasteiger charge is 2.09. The molecule has 0 bridgehead atoms. The number of aromatic hydroxyl groups is 1. The Bertz CT molecular complexity index is 672. The van der Waals surface area contributed by atoms with Gasteiger partial charge in [0.25, 0.3) is 0 Å². The molecule has 0 heterocycles. The number of hydrogen-bond donors (Lipinski definition) is 2. The zero-order valence-corrected chi connectivity index (χ0v) is 10.1. The summed E-state index contributed by atoms with van der Waals surface area (Å²) >= 11 is 0. The smallest absolute Gasteiger partial charge is 0.187 e. The van der Waals surface area contributed by atoms with Gasteiger partial charge in [-0.25, -0.2) is 13.2 Å². The van der Waals surface area contributed by atoms with Crippen LogP contribution in [-0.4, -0.2) is 5.11 Å². The molecule has 0 fully saturated rings. The molecule has 0 saturated carbocycles. The Balaban J connectivity index is 2.15. The molecule has 0 atom stereocenters. The molecule has 2 aromatic rings. The van der Waals surface area contributed by atoms with Gasteiger partial charge in [0.2, 0.25) is 0 Å². The molecule has 0 aromatic heterocycles. The number of rotatable bonds is 3. The molecular formula is C14H9F3N2O. The molecule has 6 heteroatoms. The number of hydrogen-bond acceptors (Lipinski definition) is 3. The maximum Gasteiger partial charge on any atom is 0.187 e. The van der Waals surface area contributed by atoms with Crippen LogP contribution in [0.25, 0.3) is 0 Å². The van der Waals surface area contributed by atoms with Crippen LogP contribution in [0.5, 0.6) is 5.75 Å². The van der Waals surface area contributed by atoms with Crippen LogP contribution in [0.3, 0.4) is 0 Å². The largest absolute Gasteiger partial charge is 0.503 e. The van der Waals surface area contributed by atoms with Crippen molar-refractivity contribution in [3.05, 3.63) is 58.9 Å². The van der Waals surface area contributed by atoms with Crippen molar-refractivity contribution in [2.45, 2.75) is 6.54 Å². The number of nitrogens with zero attached hydrogens (tertiary/aromatic N) is 1. The summed E-state index contributed by atoms with van der Waals surface area (Å²) < 4.78 is 39.4. The third-order valence-corrected chi connectivity index (χ3v) is 2.66. The second-order valence-electron chi connectivity index (χ2n) is 4.07. The van der Waals surface area contributed by atoms with Crippen LogP contribution in [0.4, 0.5) is 18.9 Å². The van der Waals surface area contributed by atoms with Gasteiger partial charge >= 0.3 is 0 Å². The molecule has 0 unspecified atom stereocenters. The number of benzene rings is 2. The predicted molar refractivity (Wildman–Crippen MR) is 66.5 cm³/mol. The van der Waals surface area contributed by atoms with Gasteiger partial charge in [-0.2, -0.15) is 5.26 Å². The first kappa shape index (κ1) is 13.7. The summed E-state index contributed by atoms with van der Waals surface area (Å²) in [5, 5.41) is 20.5. The topological polar surface area (TPSA) is 56.0 Å². The van der Waals surface area contributed by atoms with Gasteiger partial charge in [0.05, 0.1) is 5.56 Å². The molecule has 0 saturated heterocycles. The Morgan fingerprint density at radius 3 is 2.30 bits per heavy atom. The molecule has 2 rings (SSSR count). The van der Waals surface area contributed by atoms with Gasteiger partial charge in [0.1, 0.15) is 11.9 Å².